The maximum atomic E-state index is 11.6. The summed E-state index contributed by atoms with van der Waals surface area (Å²) in [5.41, 5.74) is 0.493. The van der Waals surface area contributed by atoms with Crippen molar-refractivity contribution in [2.24, 2.45) is 5.14 Å². The molecule has 7 nitrogen and oxygen atoms in total. The van der Waals surface area contributed by atoms with Gasteiger partial charge in [-0.2, -0.15) is 13.6 Å². The molecule has 0 unspecified atom stereocenters. The molecule has 1 amide bonds. The Morgan fingerprint density at radius 2 is 1.90 bits per heavy atom. The van der Waals surface area contributed by atoms with Gasteiger partial charge in [-0.05, 0) is 51.5 Å². The topological polar surface area (TPSA) is 108 Å². The second-order valence-electron chi connectivity index (χ2n) is 5.18. The molecule has 0 spiro atoms. The van der Waals surface area contributed by atoms with E-state index < -0.39 is 22.0 Å². The van der Waals surface area contributed by atoms with Crippen LogP contribution in [0.5, 0.6) is 5.75 Å². The van der Waals surface area contributed by atoms with Crippen LogP contribution in [0.2, 0.25) is 0 Å². The van der Waals surface area contributed by atoms with Gasteiger partial charge in [0.2, 0.25) is 0 Å². The largest absolute Gasteiger partial charge is 0.444 e. The van der Waals surface area contributed by atoms with Gasteiger partial charge in [-0.25, -0.2) is 4.79 Å². The molecule has 3 N–H and O–H groups in total. The smallest absolute Gasteiger partial charge is 0.412 e. The summed E-state index contributed by atoms with van der Waals surface area (Å²) in [6.07, 6.45) is -0.597. The van der Waals surface area contributed by atoms with Gasteiger partial charge in [-0.1, -0.05) is 0 Å². The van der Waals surface area contributed by atoms with Crippen LogP contribution >= 0.6 is 0 Å². The molecule has 0 aliphatic heterocycles. The van der Waals surface area contributed by atoms with Crippen molar-refractivity contribution in [3.8, 4) is 5.75 Å². The van der Waals surface area contributed by atoms with Crippen molar-refractivity contribution in [2.45, 2.75) is 33.3 Å². The Balaban J connectivity index is 2.81. The molecule has 0 atom stereocenters. The molecule has 0 aliphatic rings. The van der Waals surface area contributed by atoms with E-state index in [2.05, 4.69) is 9.50 Å². The summed E-state index contributed by atoms with van der Waals surface area (Å²) in [4.78, 5) is 11.6. The van der Waals surface area contributed by atoms with Crippen LogP contribution in [0, 0.1) is 6.92 Å². The third-order valence-electron chi connectivity index (χ3n) is 2.05. The average molecular weight is 302 g/mol. The molecule has 1 aromatic carbocycles. The van der Waals surface area contributed by atoms with Gasteiger partial charge in [0.1, 0.15) is 11.4 Å². The van der Waals surface area contributed by atoms with E-state index in [0.29, 0.717) is 11.3 Å². The molecule has 0 heterocycles. The molecule has 0 bridgehead atoms. The van der Waals surface area contributed by atoms with Crippen LogP contribution in [0.1, 0.15) is 26.3 Å². The normalized spacial score (nSPS) is 11.8. The Labute approximate surface area is 118 Å². The maximum Gasteiger partial charge on any atom is 0.412 e. The fraction of sp³-hybridized carbons (Fsp3) is 0.417. The second kappa shape index (κ2) is 5.68. The van der Waals surface area contributed by atoms with Crippen molar-refractivity contribution < 1.29 is 22.1 Å². The first kappa shape index (κ1) is 16.3. The van der Waals surface area contributed by atoms with E-state index in [1.165, 1.54) is 18.2 Å². The van der Waals surface area contributed by atoms with E-state index in [4.69, 9.17) is 9.88 Å². The molecule has 20 heavy (non-hydrogen) atoms. The molecule has 0 saturated heterocycles. The predicted molar refractivity (Wildman–Crippen MR) is 74.8 cm³/mol. The van der Waals surface area contributed by atoms with E-state index in [1.807, 2.05) is 0 Å². The number of nitrogens with one attached hydrogen (secondary N) is 1. The van der Waals surface area contributed by atoms with Gasteiger partial charge in [0.25, 0.3) is 0 Å². The van der Waals surface area contributed by atoms with Gasteiger partial charge in [-0.3, -0.25) is 5.32 Å². The van der Waals surface area contributed by atoms with Crippen molar-refractivity contribution in [1.82, 2.24) is 0 Å². The molecule has 0 aliphatic carbocycles. The van der Waals surface area contributed by atoms with Crippen LogP contribution in [0.15, 0.2) is 18.2 Å². The molecule has 0 saturated carbocycles. The first-order valence-electron chi connectivity index (χ1n) is 5.79. The average Bonchev–Trinajstić information content (AvgIpc) is 2.17. The molecule has 0 fully saturated rings. The van der Waals surface area contributed by atoms with Gasteiger partial charge in [0, 0.05) is 5.69 Å². The highest BCUT2D eigenvalue weighted by Crippen LogP contribution is 2.22. The summed E-state index contributed by atoms with van der Waals surface area (Å²) in [6.45, 7) is 6.94. The highest BCUT2D eigenvalue weighted by Gasteiger charge is 2.17. The van der Waals surface area contributed by atoms with Gasteiger partial charge in [0.05, 0.1) is 0 Å². The van der Waals surface area contributed by atoms with Crippen LogP contribution in [0.3, 0.4) is 0 Å². The van der Waals surface area contributed by atoms with Gasteiger partial charge < -0.3 is 8.92 Å². The van der Waals surface area contributed by atoms with Crippen LogP contribution < -0.4 is 14.6 Å². The minimum Gasteiger partial charge on any atom is -0.444 e. The molecule has 8 heteroatoms. The summed E-state index contributed by atoms with van der Waals surface area (Å²) in [5, 5.41) is 7.33. The number of hydrogen-bond donors (Lipinski definition) is 2. The number of carbonyl (C=O) groups is 1. The van der Waals surface area contributed by atoms with Crippen LogP contribution in [-0.2, 0) is 15.0 Å². The molecule has 1 aromatic rings. The third-order valence-corrected chi connectivity index (χ3v) is 2.47. The third kappa shape index (κ3) is 5.89. The van der Waals surface area contributed by atoms with Crippen molar-refractivity contribution in [2.75, 3.05) is 5.32 Å². The summed E-state index contributed by atoms with van der Waals surface area (Å²) in [7, 11) is -4.07. The SMILES string of the molecule is Cc1cc(OS(N)(=O)=O)ccc1NC(=O)OC(C)(C)C. The summed E-state index contributed by atoms with van der Waals surface area (Å²) in [5.74, 6) is 0.0692. The standard InChI is InChI=1S/C12H18N2O5S/c1-8-7-9(19-20(13,16)17)5-6-10(8)14-11(15)18-12(2,3)4/h5-7H,1-4H3,(H,14,15)(H2,13,16,17). The Kier molecular flexibility index (Phi) is 4.61. The number of nitrogens with two attached hydrogens (primary N) is 1. The van der Waals surface area contributed by atoms with Crippen LogP contribution in [-0.4, -0.2) is 20.1 Å². The van der Waals surface area contributed by atoms with Crippen molar-refractivity contribution in [3.05, 3.63) is 23.8 Å². The number of hydrogen-bond acceptors (Lipinski definition) is 5. The summed E-state index contributed by atoms with van der Waals surface area (Å²) in [6, 6.07) is 4.32. The van der Waals surface area contributed by atoms with Crippen LogP contribution in [0.4, 0.5) is 10.5 Å². The van der Waals surface area contributed by atoms with E-state index in [-0.39, 0.29) is 5.75 Å². The highest BCUT2D eigenvalue weighted by molar-refractivity contribution is 7.84. The summed E-state index contributed by atoms with van der Waals surface area (Å²) >= 11 is 0. The molecule has 112 valence electrons. The fourth-order valence-corrected chi connectivity index (χ4v) is 1.75. The Morgan fingerprint density at radius 1 is 1.30 bits per heavy atom. The lowest BCUT2D eigenvalue weighted by Gasteiger charge is -2.20. The number of amides is 1. The monoisotopic (exact) mass is 302 g/mol. The lowest BCUT2D eigenvalue weighted by molar-refractivity contribution is 0.0635. The second-order valence-corrected chi connectivity index (χ2v) is 6.33. The number of ether oxygens (including phenoxy) is 1. The fourth-order valence-electron chi connectivity index (χ4n) is 1.38. The zero-order valence-corrected chi connectivity index (χ0v) is 12.6. The van der Waals surface area contributed by atoms with E-state index in [1.54, 1.807) is 27.7 Å². The van der Waals surface area contributed by atoms with E-state index >= 15 is 0 Å². The lowest BCUT2D eigenvalue weighted by Crippen LogP contribution is -2.27. The Morgan fingerprint density at radius 3 is 2.35 bits per heavy atom. The first-order chi connectivity index (χ1) is 8.96. The van der Waals surface area contributed by atoms with Crippen molar-refractivity contribution >= 4 is 22.1 Å². The van der Waals surface area contributed by atoms with E-state index in [0.717, 1.165) is 0 Å². The Hall–Kier alpha value is -1.80. The Bertz CT molecular complexity index is 605. The first-order valence-corrected chi connectivity index (χ1v) is 7.26. The molecule has 1 rings (SSSR count). The maximum absolute atomic E-state index is 11.6. The zero-order chi connectivity index (χ0) is 15.6. The number of carbonyl (C=O) groups excluding carboxylic acids is 1. The zero-order valence-electron chi connectivity index (χ0n) is 11.8. The van der Waals surface area contributed by atoms with Gasteiger partial charge in [0.15, 0.2) is 0 Å². The van der Waals surface area contributed by atoms with E-state index in [9.17, 15) is 13.2 Å². The number of rotatable bonds is 3. The number of anilines is 1. The summed E-state index contributed by atoms with van der Waals surface area (Å²) < 4.78 is 31.2. The number of benzene rings is 1. The van der Waals surface area contributed by atoms with Gasteiger partial charge >= 0.3 is 16.4 Å². The molecule has 0 aromatic heterocycles. The molecular weight excluding hydrogens is 284 g/mol. The van der Waals surface area contributed by atoms with Crippen molar-refractivity contribution in [3.63, 3.8) is 0 Å². The van der Waals surface area contributed by atoms with Gasteiger partial charge in [-0.15, -0.1) is 0 Å². The van der Waals surface area contributed by atoms with Crippen LogP contribution in [0.25, 0.3) is 0 Å². The predicted octanol–water partition coefficient (Wildman–Crippen LogP) is 1.92. The minimum atomic E-state index is -4.07. The quantitative estimate of drug-likeness (QED) is 0.887. The minimum absolute atomic E-state index is 0.0692. The molecule has 0 radical (unpaired) electrons. The molecular formula is C12H18N2O5S. The highest BCUT2D eigenvalue weighted by atomic mass is 32.2. The number of aryl methyl sites for hydroxylation is 1. The lowest BCUT2D eigenvalue weighted by atomic mass is 10.2. The van der Waals surface area contributed by atoms with Crippen molar-refractivity contribution in [1.29, 1.82) is 0 Å².